The monoisotopic (exact) mass is 469 g/mol. The van der Waals surface area contributed by atoms with Gasteiger partial charge < -0.3 is 5.32 Å². The molecule has 6 nitrogen and oxygen atoms in total. The molecule has 0 saturated heterocycles. The third-order valence-corrected chi connectivity index (χ3v) is 5.43. The van der Waals surface area contributed by atoms with E-state index in [1.807, 2.05) is 6.07 Å². The number of benzene rings is 2. The Kier molecular flexibility index (Phi) is 6.98. The summed E-state index contributed by atoms with van der Waals surface area (Å²) in [4.78, 5) is 11.8. The van der Waals surface area contributed by atoms with Crippen LogP contribution in [0.15, 0.2) is 41.6 Å². The smallest absolute Gasteiger partial charge is 0.231 e. The number of nitrogens with zero attached hydrogens (tertiary/aromatic N) is 4. The number of nitrogens with one attached hydrogen (secondary N) is 1. The zero-order valence-electron chi connectivity index (χ0n) is 14.5. The molecule has 1 N–H and O–H groups in total. The van der Waals surface area contributed by atoms with Gasteiger partial charge in [0.05, 0.1) is 27.6 Å². The maximum atomic E-state index is 13.7. The molecule has 3 rings (SSSR count). The van der Waals surface area contributed by atoms with Crippen molar-refractivity contribution in [2.24, 2.45) is 0 Å². The van der Waals surface area contributed by atoms with Crippen LogP contribution in [-0.4, -0.2) is 33.0 Å². The fourth-order valence-corrected chi connectivity index (χ4v) is 3.83. The van der Waals surface area contributed by atoms with Crippen LogP contribution in [0.5, 0.6) is 0 Å². The first-order valence-corrected chi connectivity index (χ1v) is 10.2. The number of amides is 1. The molecule has 0 aliphatic carbocycles. The first kappa shape index (κ1) is 21.4. The molecule has 0 fully saturated rings. The molecule has 0 bridgehead atoms. The van der Waals surface area contributed by atoms with Crippen molar-refractivity contribution >= 4 is 52.5 Å². The summed E-state index contributed by atoms with van der Waals surface area (Å²) >= 11 is 19.3. The normalized spacial score (nSPS) is 10.6. The maximum absolute atomic E-state index is 13.7. The van der Waals surface area contributed by atoms with Gasteiger partial charge >= 0.3 is 0 Å². The number of carbonyl (C=O) groups excluding carboxylic acids is 1. The number of aromatic nitrogens is 3. The van der Waals surface area contributed by atoms with E-state index in [0.29, 0.717) is 32.3 Å². The minimum Gasteiger partial charge on any atom is -0.342 e. The molecule has 0 saturated carbocycles. The quantitative estimate of drug-likeness (QED) is 0.414. The number of carbonyl (C=O) groups is 1. The first-order valence-electron chi connectivity index (χ1n) is 8.03. The minimum absolute atomic E-state index is 0.00307. The second-order valence-corrected chi connectivity index (χ2v) is 7.78. The van der Waals surface area contributed by atoms with Crippen molar-refractivity contribution in [3.05, 3.63) is 57.3 Å². The van der Waals surface area contributed by atoms with Crippen LogP contribution in [0, 0.1) is 17.1 Å². The summed E-state index contributed by atoms with van der Waals surface area (Å²) in [6.45, 7) is -0.0920. The summed E-state index contributed by atoms with van der Waals surface area (Å²) in [5.74, 6) is -0.536. The van der Waals surface area contributed by atoms with Crippen LogP contribution >= 0.6 is 46.6 Å². The Morgan fingerprint density at radius 3 is 2.66 bits per heavy atom. The molecule has 0 spiro atoms. The van der Waals surface area contributed by atoms with Gasteiger partial charge in [0.2, 0.25) is 5.91 Å². The van der Waals surface area contributed by atoms with Crippen molar-refractivity contribution in [1.29, 1.82) is 5.26 Å². The molecule has 0 aliphatic rings. The minimum atomic E-state index is -0.570. The Bertz CT molecular complexity index is 1120. The summed E-state index contributed by atoms with van der Waals surface area (Å²) in [6.07, 6.45) is 0. The molecule has 1 amide bonds. The van der Waals surface area contributed by atoms with Gasteiger partial charge in [0.25, 0.3) is 0 Å². The van der Waals surface area contributed by atoms with Crippen LogP contribution in [0.25, 0.3) is 17.1 Å². The predicted octanol–water partition coefficient (Wildman–Crippen LogP) is 4.77. The molecule has 0 radical (unpaired) electrons. The zero-order valence-corrected chi connectivity index (χ0v) is 17.6. The average Bonchev–Trinajstić information content (AvgIpc) is 3.10. The highest BCUT2D eigenvalue weighted by Crippen LogP contribution is 2.34. The Labute approximate surface area is 184 Å². The van der Waals surface area contributed by atoms with Crippen LogP contribution in [0.3, 0.4) is 0 Å². The number of halogens is 4. The molecular formula is C18H11Cl3FN5OS. The first-order chi connectivity index (χ1) is 13.9. The molecule has 29 heavy (non-hydrogen) atoms. The van der Waals surface area contributed by atoms with Gasteiger partial charge in [-0.15, -0.1) is 10.2 Å². The van der Waals surface area contributed by atoms with E-state index in [1.54, 1.807) is 22.8 Å². The number of thioether (sulfide) groups is 1. The SMILES string of the molecule is N#CCNC(=O)CSc1nnc(-c2ccc(Cl)cc2Cl)n1-c1ccc(F)c(Cl)c1. The van der Waals surface area contributed by atoms with Gasteiger partial charge in [-0.25, -0.2) is 4.39 Å². The third-order valence-electron chi connectivity index (χ3n) is 3.66. The predicted molar refractivity (Wildman–Crippen MR) is 111 cm³/mol. The fourth-order valence-electron chi connectivity index (χ4n) is 2.38. The summed E-state index contributed by atoms with van der Waals surface area (Å²) in [6, 6.07) is 10.9. The molecule has 0 aliphatic heterocycles. The van der Waals surface area contributed by atoms with Gasteiger partial charge in [-0.1, -0.05) is 46.6 Å². The van der Waals surface area contributed by atoms with Gasteiger partial charge in [0.1, 0.15) is 12.4 Å². The van der Waals surface area contributed by atoms with E-state index in [0.717, 1.165) is 11.8 Å². The summed E-state index contributed by atoms with van der Waals surface area (Å²) in [5, 5.41) is 20.4. The molecule has 1 aromatic heterocycles. The van der Waals surface area contributed by atoms with Crippen LogP contribution in [0.2, 0.25) is 15.1 Å². The van der Waals surface area contributed by atoms with Crippen LogP contribution in [0.4, 0.5) is 4.39 Å². The van der Waals surface area contributed by atoms with Crippen molar-refractivity contribution in [1.82, 2.24) is 20.1 Å². The van der Waals surface area contributed by atoms with Gasteiger partial charge in [-0.3, -0.25) is 9.36 Å². The van der Waals surface area contributed by atoms with Crippen LogP contribution in [0.1, 0.15) is 0 Å². The van der Waals surface area contributed by atoms with E-state index >= 15 is 0 Å². The lowest BCUT2D eigenvalue weighted by atomic mass is 10.2. The molecule has 3 aromatic rings. The lowest BCUT2D eigenvalue weighted by molar-refractivity contribution is -0.118. The van der Waals surface area contributed by atoms with E-state index < -0.39 is 5.82 Å². The summed E-state index contributed by atoms with van der Waals surface area (Å²) in [7, 11) is 0. The molecular weight excluding hydrogens is 460 g/mol. The van der Waals surface area contributed by atoms with Crippen molar-refractivity contribution in [3.8, 4) is 23.1 Å². The largest absolute Gasteiger partial charge is 0.342 e. The second kappa shape index (κ2) is 9.46. The van der Waals surface area contributed by atoms with E-state index in [4.69, 9.17) is 40.1 Å². The zero-order chi connectivity index (χ0) is 21.0. The fraction of sp³-hybridized carbons (Fsp3) is 0.111. The number of rotatable bonds is 6. The maximum Gasteiger partial charge on any atom is 0.231 e. The van der Waals surface area contributed by atoms with Gasteiger partial charge in [-0.2, -0.15) is 5.26 Å². The topological polar surface area (TPSA) is 83.6 Å². The Morgan fingerprint density at radius 2 is 1.97 bits per heavy atom. The number of nitriles is 1. The van der Waals surface area contributed by atoms with Crippen molar-refractivity contribution in [2.45, 2.75) is 5.16 Å². The summed E-state index contributed by atoms with van der Waals surface area (Å²) < 4.78 is 15.3. The highest BCUT2D eigenvalue weighted by Gasteiger charge is 2.20. The molecule has 0 atom stereocenters. The highest BCUT2D eigenvalue weighted by molar-refractivity contribution is 7.99. The van der Waals surface area contributed by atoms with Crippen LogP contribution < -0.4 is 5.32 Å². The van der Waals surface area contributed by atoms with Crippen molar-refractivity contribution in [2.75, 3.05) is 12.3 Å². The standard InChI is InChI=1S/C18H11Cl3FN5OS/c19-10-1-3-12(13(20)7-10)17-25-26-18(29-9-16(28)24-6-5-23)27(17)11-2-4-15(22)14(21)8-11/h1-4,7-8H,6,9H2,(H,24,28). The van der Waals surface area contributed by atoms with Crippen molar-refractivity contribution < 1.29 is 9.18 Å². The van der Waals surface area contributed by atoms with Crippen LogP contribution in [-0.2, 0) is 4.79 Å². The average molecular weight is 471 g/mol. The molecule has 1 heterocycles. The molecule has 2 aromatic carbocycles. The van der Waals surface area contributed by atoms with Crippen molar-refractivity contribution in [3.63, 3.8) is 0 Å². The lowest BCUT2D eigenvalue weighted by Gasteiger charge is -2.12. The Balaban J connectivity index is 2.05. The number of hydrogen-bond donors (Lipinski definition) is 1. The van der Waals surface area contributed by atoms with E-state index in [9.17, 15) is 9.18 Å². The highest BCUT2D eigenvalue weighted by atomic mass is 35.5. The third kappa shape index (κ3) is 5.00. The second-order valence-electron chi connectivity index (χ2n) is 5.59. The summed E-state index contributed by atoms with van der Waals surface area (Å²) in [5.41, 5.74) is 1.03. The Morgan fingerprint density at radius 1 is 1.17 bits per heavy atom. The lowest BCUT2D eigenvalue weighted by Crippen LogP contribution is -2.25. The van der Waals surface area contributed by atoms with Gasteiger partial charge in [-0.05, 0) is 36.4 Å². The van der Waals surface area contributed by atoms with E-state index in [1.165, 1.54) is 18.2 Å². The Hall–Kier alpha value is -2.31. The van der Waals surface area contributed by atoms with E-state index in [-0.39, 0.29) is 23.2 Å². The molecule has 148 valence electrons. The van der Waals surface area contributed by atoms with Gasteiger partial charge in [0.15, 0.2) is 11.0 Å². The van der Waals surface area contributed by atoms with E-state index in [2.05, 4.69) is 15.5 Å². The van der Waals surface area contributed by atoms with Gasteiger partial charge in [0, 0.05) is 10.6 Å². The molecule has 11 heteroatoms. The number of hydrogen-bond acceptors (Lipinski definition) is 5. The molecule has 0 unspecified atom stereocenters.